The van der Waals surface area contributed by atoms with Gasteiger partial charge in [0.15, 0.2) is 5.65 Å². The number of fused-ring (bicyclic) bond motifs is 1. The van der Waals surface area contributed by atoms with E-state index >= 15 is 0 Å². The third-order valence-electron chi connectivity index (χ3n) is 5.96. The molecule has 5 nitrogen and oxygen atoms in total. The quantitative estimate of drug-likeness (QED) is 0.690. The molecule has 0 unspecified atom stereocenters. The number of nitrogens with zero attached hydrogens (tertiary/aromatic N) is 4. The number of carbonyl (C=O) groups is 1. The molecule has 28 heavy (non-hydrogen) atoms. The van der Waals surface area contributed by atoms with E-state index in [1.807, 2.05) is 24.1 Å². The Morgan fingerprint density at radius 3 is 2.57 bits per heavy atom. The van der Waals surface area contributed by atoms with Gasteiger partial charge in [0.2, 0.25) is 0 Å². The number of pyridine rings is 3. The Labute approximate surface area is 164 Å². The van der Waals surface area contributed by atoms with Crippen molar-refractivity contribution < 1.29 is 4.79 Å². The van der Waals surface area contributed by atoms with Gasteiger partial charge in [-0.3, -0.25) is 9.78 Å². The number of carbonyl (C=O) groups excluding carboxylic acids is 1. The number of amides is 1. The summed E-state index contributed by atoms with van der Waals surface area (Å²) in [6.45, 7) is 3.47. The zero-order valence-corrected chi connectivity index (χ0v) is 16.1. The lowest BCUT2D eigenvalue weighted by molar-refractivity contribution is 0.0711. The molecule has 0 N–H and O–H groups in total. The monoisotopic (exact) mass is 372 g/mol. The average molecular weight is 372 g/mol. The van der Waals surface area contributed by atoms with Crippen LogP contribution in [0.2, 0.25) is 0 Å². The Kier molecular flexibility index (Phi) is 4.30. The Hall–Kier alpha value is -2.82. The highest BCUT2D eigenvalue weighted by atomic mass is 16.2. The number of likely N-dealkylation sites (tertiary alicyclic amines) is 1. The maximum absolute atomic E-state index is 12.7. The van der Waals surface area contributed by atoms with Gasteiger partial charge in [0, 0.05) is 48.7 Å². The molecule has 2 fully saturated rings. The highest BCUT2D eigenvalue weighted by molar-refractivity contribution is 5.94. The van der Waals surface area contributed by atoms with Crippen LogP contribution in [0.4, 0.5) is 0 Å². The topological polar surface area (TPSA) is 59.0 Å². The molecule has 3 aromatic heterocycles. The summed E-state index contributed by atoms with van der Waals surface area (Å²) in [6.07, 6.45) is 9.87. The van der Waals surface area contributed by atoms with Gasteiger partial charge < -0.3 is 4.90 Å². The van der Waals surface area contributed by atoms with E-state index in [2.05, 4.69) is 28.2 Å². The van der Waals surface area contributed by atoms with E-state index in [9.17, 15) is 4.79 Å². The molecule has 142 valence electrons. The van der Waals surface area contributed by atoms with E-state index in [0.29, 0.717) is 17.4 Å². The number of rotatable bonds is 3. The summed E-state index contributed by atoms with van der Waals surface area (Å²) in [5.74, 6) is 1.17. The highest BCUT2D eigenvalue weighted by Gasteiger charge is 2.26. The van der Waals surface area contributed by atoms with Crippen LogP contribution in [0.15, 0.2) is 42.9 Å². The minimum absolute atomic E-state index is 0.0791. The van der Waals surface area contributed by atoms with Gasteiger partial charge in [0.1, 0.15) is 0 Å². The van der Waals surface area contributed by atoms with Crippen molar-refractivity contribution in [1.29, 1.82) is 0 Å². The van der Waals surface area contributed by atoms with Crippen LogP contribution in [0, 0.1) is 6.92 Å². The first-order valence-corrected chi connectivity index (χ1v) is 10.1. The Bertz CT molecular complexity index is 1040. The second-order valence-corrected chi connectivity index (χ2v) is 8.14. The van der Waals surface area contributed by atoms with Gasteiger partial charge in [-0.2, -0.15) is 0 Å². The van der Waals surface area contributed by atoms with Gasteiger partial charge in [-0.15, -0.1) is 0 Å². The van der Waals surface area contributed by atoms with Gasteiger partial charge in [0.25, 0.3) is 5.91 Å². The summed E-state index contributed by atoms with van der Waals surface area (Å²) >= 11 is 0. The maximum atomic E-state index is 12.7. The Morgan fingerprint density at radius 2 is 1.82 bits per heavy atom. The minimum atomic E-state index is 0.0791. The van der Waals surface area contributed by atoms with Gasteiger partial charge >= 0.3 is 0 Å². The lowest BCUT2D eigenvalue weighted by atomic mass is 9.92. The lowest BCUT2D eigenvalue weighted by Crippen LogP contribution is -2.38. The van der Waals surface area contributed by atoms with Crippen LogP contribution < -0.4 is 0 Å². The molecule has 0 atom stereocenters. The van der Waals surface area contributed by atoms with Crippen LogP contribution in [0.5, 0.6) is 0 Å². The van der Waals surface area contributed by atoms with Crippen molar-refractivity contribution in [3.05, 3.63) is 65.2 Å². The highest BCUT2D eigenvalue weighted by Crippen LogP contribution is 2.40. The van der Waals surface area contributed by atoms with E-state index in [-0.39, 0.29) is 5.91 Å². The predicted octanol–water partition coefficient (Wildman–Crippen LogP) is 4.23. The summed E-state index contributed by atoms with van der Waals surface area (Å²) in [5.41, 5.74) is 4.98. The molecule has 0 spiro atoms. The fourth-order valence-corrected chi connectivity index (χ4v) is 4.14. The summed E-state index contributed by atoms with van der Waals surface area (Å²) < 4.78 is 0. The molecule has 0 aromatic carbocycles. The van der Waals surface area contributed by atoms with Crippen molar-refractivity contribution in [3.63, 3.8) is 0 Å². The standard InChI is InChI=1S/C23H24N4O/c1-15-10-20(13-24-12-15)23(28)27-8-6-17(7-9-27)21-5-4-18-11-19(16-2-3-16)14-25-22(18)26-21/h4-5,10-14,16-17H,2-3,6-9H2,1H3. The van der Waals surface area contributed by atoms with Crippen LogP contribution in [0.3, 0.4) is 0 Å². The zero-order chi connectivity index (χ0) is 19.1. The van der Waals surface area contributed by atoms with Crippen LogP contribution in [-0.2, 0) is 0 Å². The fraction of sp³-hybridized carbons (Fsp3) is 0.391. The van der Waals surface area contributed by atoms with Crippen molar-refractivity contribution >= 4 is 16.9 Å². The van der Waals surface area contributed by atoms with Crippen molar-refractivity contribution in [1.82, 2.24) is 19.9 Å². The summed E-state index contributed by atoms with van der Waals surface area (Å²) in [4.78, 5) is 28.3. The molecule has 1 saturated heterocycles. The van der Waals surface area contributed by atoms with E-state index < -0.39 is 0 Å². The van der Waals surface area contributed by atoms with Crippen LogP contribution >= 0.6 is 0 Å². The van der Waals surface area contributed by atoms with Crippen molar-refractivity contribution in [3.8, 4) is 0 Å². The first-order chi connectivity index (χ1) is 13.7. The smallest absolute Gasteiger partial charge is 0.255 e. The second kappa shape index (κ2) is 6.97. The van der Waals surface area contributed by atoms with Crippen LogP contribution in [0.25, 0.3) is 11.0 Å². The van der Waals surface area contributed by atoms with E-state index in [1.54, 1.807) is 12.4 Å². The van der Waals surface area contributed by atoms with Crippen LogP contribution in [-0.4, -0.2) is 38.8 Å². The third kappa shape index (κ3) is 3.37. The molecule has 2 aliphatic rings. The summed E-state index contributed by atoms with van der Waals surface area (Å²) in [7, 11) is 0. The van der Waals surface area contributed by atoms with E-state index in [1.165, 1.54) is 18.4 Å². The molecule has 0 radical (unpaired) electrons. The molecule has 5 rings (SSSR count). The first kappa shape index (κ1) is 17.3. The maximum Gasteiger partial charge on any atom is 0.255 e. The fourth-order valence-electron chi connectivity index (χ4n) is 4.14. The van der Waals surface area contributed by atoms with Gasteiger partial charge in [-0.25, -0.2) is 9.97 Å². The molecule has 4 heterocycles. The van der Waals surface area contributed by atoms with Gasteiger partial charge in [-0.05, 0) is 73.9 Å². The van der Waals surface area contributed by atoms with Crippen molar-refractivity contribution in [2.75, 3.05) is 13.1 Å². The normalized spacial score (nSPS) is 17.8. The summed E-state index contributed by atoms with van der Waals surface area (Å²) in [5, 5.41) is 1.13. The van der Waals surface area contributed by atoms with E-state index in [4.69, 9.17) is 4.98 Å². The number of aryl methyl sites for hydroxylation is 1. The largest absolute Gasteiger partial charge is 0.339 e. The van der Waals surface area contributed by atoms with Gasteiger partial charge in [0.05, 0.1) is 5.56 Å². The molecule has 0 bridgehead atoms. The predicted molar refractivity (Wildman–Crippen MR) is 108 cm³/mol. The van der Waals surface area contributed by atoms with Crippen molar-refractivity contribution in [2.24, 2.45) is 0 Å². The number of aromatic nitrogens is 3. The SMILES string of the molecule is Cc1cncc(C(=O)N2CCC(c3ccc4cc(C5CC5)cnc4n3)CC2)c1. The van der Waals surface area contributed by atoms with Crippen LogP contribution in [0.1, 0.15) is 64.7 Å². The lowest BCUT2D eigenvalue weighted by Gasteiger charge is -2.31. The Balaban J connectivity index is 1.28. The summed E-state index contributed by atoms with van der Waals surface area (Å²) in [6, 6.07) is 8.46. The molecular formula is C23H24N4O. The number of hydrogen-bond acceptors (Lipinski definition) is 4. The molecule has 3 aromatic rings. The number of hydrogen-bond donors (Lipinski definition) is 0. The molecule has 5 heteroatoms. The first-order valence-electron chi connectivity index (χ1n) is 10.1. The number of piperidine rings is 1. The molecule has 1 saturated carbocycles. The molecule has 1 amide bonds. The van der Waals surface area contributed by atoms with E-state index in [0.717, 1.165) is 48.2 Å². The average Bonchev–Trinajstić information content (AvgIpc) is 3.58. The Morgan fingerprint density at radius 1 is 1.00 bits per heavy atom. The van der Waals surface area contributed by atoms with Gasteiger partial charge in [-0.1, -0.05) is 0 Å². The third-order valence-corrected chi connectivity index (χ3v) is 5.96. The van der Waals surface area contributed by atoms with Crippen molar-refractivity contribution in [2.45, 2.75) is 44.4 Å². The zero-order valence-electron chi connectivity index (χ0n) is 16.1. The second-order valence-electron chi connectivity index (χ2n) is 8.14. The minimum Gasteiger partial charge on any atom is -0.339 e. The molecule has 1 aliphatic heterocycles. The molecule has 1 aliphatic carbocycles. The molecular weight excluding hydrogens is 348 g/mol.